The molecule has 0 aliphatic carbocycles. The molecule has 0 atom stereocenters. The van der Waals surface area contributed by atoms with Crippen LogP contribution in [0, 0.1) is 6.42 Å². The van der Waals surface area contributed by atoms with E-state index in [0.717, 1.165) is 12.0 Å². The summed E-state index contributed by atoms with van der Waals surface area (Å²) in [7, 11) is -3.77. The molecule has 0 bridgehead atoms. The highest BCUT2D eigenvalue weighted by molar-refractivity contribution is 7.90. The maximum atomic E-state index is 12.3. The molecule has 0 aromatic heterocycles. The lowest BCUT2D eigenvalue weighted by atomic mass is 10.1. The molecule has 4 N–H and O–H groups in total. The largest absolute Gasteiger partial charge is 0.366 e. The van der Waals surface area contributed by atoms with Crippen LogP contribution in [0.4, 0.5) is 0 Å². The monoisotopic (exact) mass is 444 g/mol. The highest BCUT2D eigenvalue weighted by atomic mass is 32.2. The number of hydrogen-bond acceptors (Lipinski definition) is 6. The minimum atomic E-state index is -3.77. The molecular weight excluding hydrogens is 422 g/mol. The normalized spacial score (nSPS) is 10.8. The van der Waals surface area contributed by atoms with Gasteiger partial charge in [-0.15, -0.1) is 0 Å². The van der Waals surface area contributed by atoms with Gasteiger partial charge in [0.15, 0.2) is 9.84 Å². The maximum absolute atomic E-state index is 12.3. The molecule has 163 valence electrons. The molecule has 31 heavy (non-hydrogen) atoms. The van der Waals surface area contributed by atoms with E-state index in [1.54, 1.807) is 36.4 Å². The van der Waals surface area contributed by atoms with Crippen molar-refractivity contribution in [3.8, 4) is 0 Å². The zero-order valence-corrected chi connectivity index (χ0v) is 17.4. The smallest absolute Gasteiger partial charge is 0.289 e. The van der Waals surface area contributed by atoms with E-state index in [1.165, 1.54) is 12.1 Å². The second-order valence-corrected chi connectivity index (χ2v) is 8.70. The van der Waals surface area contributed by atoms with Crippen LogP contribution in [-0.4, -0.2) is 44.2 Å². The van der Waals surface area contributed by atoms with Gasteiger partial charge < -0.3 is 16.4 Å². The number of amides is 3. The van der Waals surface area contributed by atoms with E-state index in [0.29, 0.717) is 0 Å². The Hall–Kier alpha value is -3.53. The fourth-order valence-corrected chi connectivity index (χ4v) is 3.83. The van der Waals surface area contributed by atoms with Gasteiger partial charge in [-0.05, 0) is 17.2 Å². The summed E-state index contributed by atoms with van der Waals surface area (Å²) in [6.45, 7) is -0.406. The number of primary amides is 1. The van der Waals surface area contributed by atoms with Crippen LogP contribution in [0.25, 0.3) is 0 Å². The van der Waals surface area contributed by atoms with Crippen molar-refractivity contribution in [3.63, 3.8) is 0 Å². The third-order valence-corrected chi connectivity index (χ3v) is 5.58. The Morgan fingerprint density at radius 1 is 0.903 bits per heavy atom. The van der Waals surface area contributed by atoms with Crippen LogP contribution in [0.5, 0.6) is 0 Å². The van der Waals surface area contributed by atoms with Crippen LogP contribution < -0.4 is 16.4 Å². The Balaban J connectivity index is 1.77. The minimum Gasteiger partial charge on any atom is -0.366 e. The van der Waals surface area contributed by atoms with E-state index >= 15 is 0 Å². The third-order valence-electron chi connectivity index (χ3n) is 4.15. The summed E-state index contributed by atoms with van der Waals surface area (Å²) >= 11 is 0. The number of sulfone groups is 1. The summed E-state index contributed by atoms with van der Waals surface area (Å²) < 4.78 is 24.5. The van der Waals surface area contributed by atoms with Gasteiger partial charge in [0.05, 0.1) is 24.5 Å². The van der Waals surface area contributed by atoms with Crippen molar-refractivity contribution in [1.29, 1.82) is 0 Å². The van der Waals surface area contributed by atoms with E-state index in [1.807, 2.05) is 6.07 Å². The van der Waals surface area contributed by atoms with Crippen molar-refractivity contribution in [2.45, 2.75) is 12.3 Å². The van der Waals surface area contributed by atoms with Crippen LogP contribution in [0.3, 0.4) is 0 Å². The standard InChI is InChI=1S/C21H22N3O6S/c22-20(27)17-9-5-4-8-16(17)14-31(29,30)11-10-19(26)23-13-18(25)21(28)24-12-15-6-2-1-3-7-15/h1-10H,11-14H2,(H2,22,27)(H,23,26)(H,24,28). The van der Waals surface area contributed by atoms with E-state index in [4.69, 9.17) is 5.73 Å². The van der Waals surface area contributed by atoms with E-state index in [9.17, 15) is 27.6 Å². The van der Waals surface area contributed by atoms with Gasteiger partial charge in [-0.25, -0.2) is 8.42 Å². The number of nitrogens with one attached hydrogen (secondary N) is 2. The molecule has 2 aromatic rings. The van der Waals surface area contributed by atoms with Gasteiger partial charge in [-0.3, -0.25) is 19.2 Å². The first-order valence-electron chi connectivity index (χ1n) is 9.22. The lowest BCUT2D eigenvalue weighted by Crippen LogP contribution is -2.39. The predicted octanol–water partition coefficient (Wildman–Crippen LogP) is -0.0937. The Labute approximate surface area is 179 Å². The number of nitrogens with two attached hydrogens (primary N) is 1. The number of hydrogen-bond donors (Lipinski definition) is 3. The molecule has 0 unspecified atom stereocenters. The molecule has 0 fully saturated rings. The number of rotatable bonds is 11. The fourth-order valence-electron chi connectivity index (χ4n) is 2.58. The van der Waals surface area contributed by atoms with E-state index < -0.39 is 51.4 Å². The summed E-state index contributed by atoms with van der Waals surface area (Å²) in [5, 5.41) is 4.62. The van der Waals surface area contributed by atoms with Gasteiger partial charge in [0.25, 0.3) is 5.91 Å². The SMILES string of the molecule is NC(=O)c1ccccc1CS(=O)(=O)C[CH]C(=O)NCC(=O)C(=O)NCc1ccccc1. The molecule has 2 rings (SSSR count). The van der Waals surface area contributed by atoms with Gasteiger partial charge in [0, 0.05) is 12.1 Å². The summed E-state index contributed by atoms with van der Waals surface area (Å²) in [6, 6.07) is 15.0. The lowest BCUT2D eigenvalue weighted by molar-refractivity contribution is -0.138. The molecule has 0 saturated heterocycles. The van der Waals surface area contributed by atoms with Crippen LogP contribution in [-0.2, 0) is 36.5 Å². The lowest BCUT2D eigenvalue weighted by Gasteiger charge is -2.08. The first-order valence-corrected chi connectivity index (χ1v) is 11.0. The molecule has 0 heterocycles. The second-order valence-electron chi connectivity index (χ2n) is 6.59. The molecule has 1 radical (unpaired) electrons. The highest BCUT2D eigenvalue weighted by Gasteiger charge is 2.19. The quantitative estimate of drug-likeness (QED) is 0.412. The Kier molecular flexibility index (Phi) is 8.44. The number of benzene rings is 2. The Morgan fingerprint density at radius 2 is 1.55 bits per heavy atom. The summed E-state index contributed by atoms with van der Waals surface area (Å²) in [6.07, 6.45) is 0.858. The molecule has 2 aromatic carbocycles. The molecule has 0 spiro atoms. The van der Waals surface area contributed by atoms with Gasteiger partial charge in [-0.1, -0.05) is 48.5 Å². The second kappa shape index (κ2) is 11.0. The number of Topliss-reactive ketones (excluding diaryl/α,β-unsaturated/α-hetero) is 1. The molecule has 3 amide bonds. The average Bonchev–Trinajstić information content (AvgIpc) is 2.75. The number of ketones is 1. The molecule has 10 heteroatoms. The zero-order valence-electron chi connectivity index (χ0n) is 16.5. The van der Waals surface area contributed by atoms with Gasteiger partial charge in [-0.2, -0.15) is 0 Å². The fraction of sp³-hybridized carbons (Fsp3) is 0.190. The van der Waals surface area contributed by atoms with Crippen molar-refractivity contribution in [1.82, 2.24) is 10.6 Å². The van der Waals surface area contributed by atoms with Crippen LogP contribution in [0.15, 0.2) is 54.6 Å². The first-order chi connectivity index (χ1) is 14.7. The topological polar surface area (TPSA) is 152 Å². The van der Waals surface area contributed by atoms with Crippen molar-refractivity contribution in [3.05, 3.63) is 77.7 Å². The minimum absolute atomic E-state index is 0.0858. The third kappa shape index (κ3) is 8.01. The van der Waals surface area contributed by atoms with Gasteiger partial charge in [0.2, 0.25) is 17.6 Å². The molecule has 9 nitrogen and oxygen atoms in total. The Morgan fingerprint density at radius 3 is 2.23 bits per heavy atom. The highest BCUT2D eigenvalue weighted by Crippen LogP contribution is 2.13. The van der Waals surface area contributed by atoms with Crippen LogP contribution in [0.2, 0.25) is 0 Å². The summed E-state index contributed by atoms with van der Waals surface area (Å²) in [4.78, 5) is 46.8. The zero-order chi connectivity index (χ0) is 22.9. The predicted molar refractivity (Wildman–Crippen MR) is 113 cm³/mol. The van der Waals surface area contributed by atoms with E-state index in [2.05, 4.69) is 10.6 Å². The van der Waals surface area contributed by atoms with Crippen molar-refractivity contribution in [2.75, 3.05) is 12.3 Å². The van der Waals surface area contributed by atoms with Crippen molar-refractivity contribution in [2.24, 2.45) is 5.73 Å². The summed E-state index contributed by atoms with van der Waals surface area (Å²) in [5.41, 5.74) is 6.36. The molecule has 0 aliphatic heterocycles. The Bertz CT molecular complexity index is 1070. The molecule has 0 saturated carbocycles. The van der Waals surface area contributed by atoms with Crippen LogP contribution >= 0.6 is 0 Å². The first kappa shape index (κ1) is 23.7. The summed E-state index contributed by atoms with van der Waals surface area (Å²) in [5.74, 6) is -4.37. The molecular formula is C21H22N3O6S. The van der Waals surface area contributed by atoms with Gasteiger partial charge in [0.1, 0.15) is 0 Å². The van der Waals surface area contributed by atoms with Gasteiger partial charge >= 0.3 is 0 Å². The van der Waals surface area contributed by atoms with Crippen molar-refractivity contribution >= 4 is 33.3 Å². The molecule has 0 aliphatic rings. The van der Waals surface area contributed by atoms with Crippen molar-refractivity contribution < 1.29 is 27.6 Å². The van der Waals surface area contributed by atoms with Crippen LogP contribution in [0.1, 0.15) is 21.5 Å². The maximum Gasteiger partial charge on any atom is 0.289 e. The number of carbonyl (C=O) groups excluding carboxylic acids is 4. The number of carbonyl (C=O) groups is 4. The van der Waals surface area contributed by atoms with E-state index in [-0.39, 0.29) is 17.7 Å². The average molecular weight is 444 g/mol.